The van der Waals surface area contributed by atoms with E-state index >= 15 is 0 Å². The molecule has 10 heteroatoms. The lowest BCUT2D eigenvalue weighted by atomic mass is 10.1. The average molecular weight is 403 g/mol. The Balaban J connectivity index is 1.97. The molecule has 0 atom stereocenters. The third kappa shape index (κ3) is 4.60. The largest absolute Gasteiger partial charge is 0.416 e. The number of hydrogen-bond acceptors (Lipinski definition) is 6. The van der Waals surface area contributed by atoms with Crippen LogP contribution in [0.2, 0.25) is 0 Å². The van der Waals surface area contributed by atoms with Gasteiger partial charge in [0.15, 0.2) is 0 Å². The molecule has 0 saturated carbocycles. The van der Waals surface area contributed by atoms with Gasteiger partial charge in [-0.1, -0.05) is 12.1 Å². The maximum Gasteiger partial charge on any atom is 0.416 e. The molecule has 7 nitrogen and oxygen atoms in total. The van der Waals surface area contributed by atoms with Gasteiger partial charge in [-0.15, -0.1) is 0 Å². The van der Waals surface area contributed by atoms with Crippen LogP contribution in [0.25, 0.3) is 0 Å². The van der Waals surface area contributed by atoms with E-state index in [2.05, 4.69) is 20.6 Å². The lowest BCUT2D eigenvalue weighted by molar-refractivity contribution is -0.383. The number of halogens is 3. The van der Waals surface area contributed by atoms with Crippen LogP contribution in [0, 0.1) is 24.0 Å². The third-order valence-electron chi connectivity index (χ3n) is 4.23. The van der Waals surface area contributed by atoms with Gasteiger partial charge < -0.3 is 10.6 Å². The minimum absolute atomic E-state index is 0.0127. The van der Waals surface area contributed by atoms with Crippen molar-refractivity contribution in [3.63, 3.8) is 0 Å². The molecular weight excluding hydrogens is 387 g/mol. The van der Waals surface area contributed by atoms with Crippen LogP contribution in [0.1, 0.15) is 16.7 Å². The number of nitro groups is 1. The first-order chi connectivity index (χ1) is 13.6. The van der Waals surface area contributed by atoms with Crippen molar-refractivity contribution in [3.8, 4) is 0 Å². The summed E-state index contributed by atoms with van der Waals surface area (Å²) in [6, 6.07) is 9.72. The monoisotopic (exact) mass is 403 g/mol. The molecule has 0 bridgehead atoms. The molecular formula is C19H16F3N5O2. The molecule has 3 rings (SSSR count). The fourth-order valence-corrected chi connectivity index (χ4v) is 2.60. The van der Waals surface area contributed by atoms with Crippen molar-refractivity contribution in [2.75, 3.05) is 10.6 Å². The Labute approximate surface area is 163 Å². The highest BCUT2D eigenvalue weighted by Gasteiger charge is 2.31. The second-order valence-corrected chi connectivity index (χ2v) is 6.30. The topological polar surface area (TPSA) is 93.0 Å². The fraction of sp³-hybridized carbons (Fsp3) is 0.158. The summed E-state index contributed by atoms with van der Waals surface area (Å²) in [6.07, 6.45) is -3.45. The number of hydrogen-bond donors (Lipinski definition) is 2. The van der Waals surface area contributed by atoms with E-state index in [-0.39, 0.29) is 17.3 Å². The van der Waals surface area contributed by atoms with Crippen molar-refractivity contribution < 1.29 is 18.1 Å². The zero-order valence-corrected chi connectivity index (χ0v) is 15.4. The minimum Gasteiger partial charge on any atom is -0.334 e. The Morgan fingerprint density at radius 3 is 2.10 bits per heavy atom. The Bertz CT molecular complexity index is 1070. The number of nitrogens with zero attached hydrogens (tertiary/aromatic N) is 3. The quantitative estimate of drug-likeness (QED) is 0.431. The number of aryl methyl sites for hydroxylation is 2. The molecule has 0 aliphatic rings. The first kappa shape index (κ1) is 20.1. The molecule has 2 N–H and O–H groups in total. The summed E-state index contributed by atoms with van der Waals surface area (Å²) in [5.74, 6) is -0.307. The maximum atomic E-state index is 12.9. The van der Waals surface area contributed by atoms with E-state index < -0.39 is 22.4 Å². The van der Waals surface area contributed by atoms with Gasteiger partial charge in [-0.2, -0.15) is 13.2 Å². The number of benzene rings is 2. The first-order valence-corrected chi connectivity index (χ1v) is 8.43. The lowest BCUT2D eigenvalue weighted by Gasteiger charge is -2.12. The first-order valence-electron chi connectivity index (χ1n) is 8.43. The van der Waals surface area contributed by atoms with Gasteiger partial charge >= 0.3 is 11.9 Å². The summed E-state index contributed by atoms with van der Waals surface area (Å²) in [6.45, 7) is 3.83. The van der Waals surface area contributed by atoms with Crippen LogP contribution >= 0.6 is 0 Å². The van der Waals surface area contributed by atoms with E-state index in [0.29, 0.717) is 5.69 Å². The second-order valence-electron chi connectivity index (χ2n) is 6.30. The minimum atomic E-state index is -4.54. The molecule has 29 heavy (non-hydrogen) atoms. The normalized spacial score (nSPS) is 11.2. The van der Waals surface area contributed by atoms with Crippen LogP contribution in [0.5, 0.6) is 0 Å². The number of anilines is 4. The number of rotatable bonds is 5. The summed E-state index contributed by atoms with van der Waals surface area (Å²) >= 11 is 0. The predicted molar refractivity (Wildman–Crippen MR) is 103 cm³/mol. The molecule has 0 spiro atoms. The molecule has 3 aromatic rings. The average Bonchev–Trinajstić information content (AvgIpc) is 2.64. The Morgan fingerprint density at radius 2 is 1.55 bits per heavy atom. The highest BCUT2D eigenvalue weighted by atomic mass is 19.4. The molecule has 0 unspecified atom stereocenters. The van der Waals surface area contributed by atoms with Crippen LogP contribution in [-0.4, -0.2) is 14.9 Å². The zero-order valence-electron chi connectivity index (χ0n) is 15.4. The van der Waals surface area contributed by atoms with E-state index in [4.69, 9.17) is 0 Å². The lowest BCUT2D eigenvalue weighted by Crippen LogP contribution is -2.07. The van der Waals surface area contributed by atoms with Gasteiger partial charge in [-0.05, 0) is 55.3 Å². The molecule has 0 fully saturated rings. The van der Waals surface area contributed by atoms with Crippen LogP contribution in [0.3, 0.4) is 0 Å². The summed E-state index contributed by atoms with van der Waals surface area (Å²) in [4.78, 5) is 18.7. The highest BCUT2D eigenvalue weighted by Crippen LogP contribution is 2.35. The summed E-state index contributed by atoms with van der Waals surface area (Å²) in [7, 11) is 0. The molecule has 1 heterocycles. The SMILES string of the molecule is Cc1ccc(Nc2ncnc(Nc3cccc(C(F)(F)F)c3)c2[N+](=O)[O-])cc1C. The van der Waals surface area contributed by atoms with Crippen molar-refractivity contribution in [2.24, 2.45) is 0 Å². The standard InChI is InChI=1S/C19H16F3N5O2/c1-11-6-7-15(8-12(11)2)26-18-16(27(28)29)17(23-10-24-18)25-14-5-3-4-13(9-14)19(20,21)22/h3-10H,1-2H3,(H2,23,24,25,26). The molecule has 0 aliphatic heterocycles. The molecule has 1 aromatic heterocycles. The van der Waals surface area contributed by atoms with Gasteiger partial charge in [-0.25, -0.2) is 9.97 Å². The Kier molecular flexibility index (Phi) is 5.35. The van der Waals surface area contributed by atoms with Crippen LogP contribution in [0.4, 0.5) is 41.9 Å². The molecule has 2 aromatic carbocycles. The number of alkyl halides is 3. The van der Waals surface area contributed by atoms with Gasteiger partial charge in [0.05, 0.1) is 10.5 Å². The molecule has 0 saturated heterocycles. The van der Waals surface area contributed by atoms with Gasteiger partial charge in [0.25, 0.3) is 0 Å². The van der Waals surface area contributed by atoms with Crippen LogP contribution in [0.15, 0.2) is 48.8 Å². The van der Waals surface area contributed by atoms with E-state index in [0.717, 1.165) is 29.6 Å². The smallest absolute Gasteiger partial charge is 0.334 e. The van der Waals surface area contributed by atoms with E-state index in [1.165, 1.54) is 12.1 Å². The number of nitrogens with one attached hydrogen (secondary N) is 2. The summed E-state index contributed by atoms with van der Waals surface area (Å²) < 4.78 is 38.7. The molecule has 0 amide bonds. The Morgan fingerprint density at radius 1 is 0.931 bits per heavy atom. The van der Waals surface area contributed by atoms with Crippen molar-refractivity contribution in [1.82, 2.24) is 9.97 Å². The predicted octanol–water partition coefficient (Wildman–Crippen LogP) is 5.51. The van der Waals surface area contributed by atoms with E-state index in [1.54, 1.807) is 12.1 Å². The number of aromatic nitrogens is 2. The van der Waals surface area contributed by atoms with Crippen molar-refractivity contribution in [2.45, 2.75) is 20.0 Å². The van der Waals surface area contributed by atoms with Gasteiger partial charge in [0.2, 0.25) is 11.6 Å². The molecule has 0 radical (unpaired) electrons. The van der Waals surface area contributed by atoms with E-state index in [1.807, 2.05) is 19.9 Å². The molecule has 150 valence electrons. The van der Waals surface area contributed by atoms with Crippen molar-refractivity contribution >= 4 is 28.7 Å². The second kappa shape index (κ2) is 7.74. The van der Waals surface area contributed by atoms with Gasteiger partial charge in [-0.3, -0.25) is 10.1 Å². The van der Waals surface area contributed by atoms with Gasteiger partial charge in [0, 0.05) is 11.4 Å². The Hall–Kier alpha value is -3.69. The zero-order chi connectivity index (χ0) is 21.2. The van der Waals surface area contributed by atoms with Crippen molar-refractivity contribution in [1.29, 1.82) is 0 Å². The van der Waals surface area contributed by atoms with E-state index in [9.17, 15) is 23.3 Å². The molecule has 0 aliphatic carbocycles. The highest BCUT2D eigenvalue weighted by molar-refractivity contribution is 5.77. The summed E-state index contributed by atoms with van der Waals surface area (Å²) in [5, 5.41) is 17.1. The summed E-state index contributed by atoms with van der Waals surface area (Å²) in [5.41, 5.74) is 1.27. The van der Waals surface area contributed by atoms with Crippen LogP contribution < -0.4 is 10.6 Å². The van der Waals surface area contributed by atoms with Gasteiger partial charge in [0.1, 0.15) is 6.33 Å². The maximum absolute atomic E-state index is 12.9. The van der Waals surface area contributed by atoms with Crippen molar-refractivity contribution in [3.05, 3.63) is 75.6 Å². The third-order valence-corrected chi connectivity index (χ3v) is 4.23. The van der Waals surface area contributed by atoms with Crippen LogP contribution in [-0.2, 0) is 6.18 Å². The fourth-order valence-electron chi connectivity index (χ4n) is 2.60.